The van der Waals surface area contributed by atoms with Crippen LogP contribution in [0.25, 0.3) is 0 Å². The van der Waals surface area contributed by atoms with E-state index in [4.69, 9.17) is 5.73 Å². The smallest absolute Gasteiger partial charge is 0.237 e. The molecule has 19 heavy (non-hydrogen) atoms. The van der Waals surface area contributed by atoms with Gasteiger partial charge in [0.2, 0.25) is 5.91 Å². The van der Waals surface area contributed by atoms with Crippen molar-refractivity contribution in [2.75, 3.05) is 20.1 Å². The Balaban J connectivity index is 2.51. The van der Waals surface area contributed by atoms with Crippen molar-refractivity contribution in [1.29, 1.82) is 0 Å². The zero-order chi connectivity index (χ0) is 14.6. The summed E-state index contributed by atoms with van der Waals surface area (Å²) in [7, 11) is 1.81. The Morgan fingerprint density at radius 1 is 1.37 bits per heavy atom. The molecule has 1 heterocycles. The van der Waals surface area contributed by atoms with E-state index in [1.807, 2.05) is 14.0 Å². The molecule has 2 atom stereocenters. The minimum Gasteiger partial charge on any atom is -0.368 e. The molecule has 0 spiro atoms. The van der Waals surface area contributed by atoms with Crippen LogP contribution in [0, 0.1) is 11.8 Å². The first-order chi connectivity index (χ1) is 8.80. The topological polar surface area (TPSA) is 58.4 Å². The van der Waals surface area contributed by atoms with Gasteiger partial charge in [-0.05, 0) is 65.1 Å². The van der Waals surface area contributed by atoms with Gasteiger partial charge in [-0.1, -0.05) is 13.8 Å². The molecular weight excluding hydrogens is 238 g/mol. The lowest BCUT2D eigenvalue weighted by Crippen LogP contribution is -2.55. The number of primary amides is 1. The summed E-state index contributed by atoms with van der Waals surface area (Å²) in [5, 5.41) is 3.07. The van der Waals surface area contributed by atoms with Gasteiger partial charge in [0.1, 0.15) is 0 Å². The number of nitrogens with two attached hydrogens (primary N) is 1. The molecule has 0 aromatic rings. The summed E-state index contributed by atoms with van der Waals surface area (Å²) >= 11 is 0. The van der Waals surface area contributed by atoms with E-state index in [2.05, 4.69) is 31.0 Å². The molecule has 1 aliphatic rings. The van der Waals surface area contributed by atoms with E-state index >= 15 is 0 Å². The van der Waals surface area contributed by atoms with Crippen LogP contribution in [0.3, 0.4) is 0 Å². The zero-order valence-electron chi connectivity index (χ0n) is 13.2. The third-order valence-corrected chi connectivity index (χ3v) is 4.94. The Hall–Kier alpha value is -0.610. The average Bonchev–Trinajstić information content (AvgIpc) is 2.38. The number of nitrogens with one attached hydrogen (secondary N) is 1. The van der Waals surface area contributed by atoms with E-state index in [-0.39, 0.29) is 5.91 Å². The maximum absolute atomic E-state index is 11.6. The molecule has 0 aromatic heterocycles. The lowest BCUT2D eigenvalue weighted by Gasteiger charge is -2.40. The molecule has 1 saturated heterocycles. The number of carbonyl (C=O) groups is 1. The molecule has 0 saturated carbocycles. The zero-order valence-corrected chi connectivity index (χ0v) is 13.2. The molecule has 1 aliphatic heterocycles. The highest BCUT2D eigenvalue weighted by molar-refractivity contribution is 5.84. The van der Waals surface area contributed by atoms with Gasteiger partial charge in [-0.3, -0.25) is 4.79 Å². The minimum absolute atomic E-state index is 0.265. The fourth-order valence-electron chi connectivity index (χ4n) is 3.07. The second-order valence-electron chi connectivity index (χ2n) is 6.62. The average molecular weight is 269 g/mol. The molecule has 1 rings (SSSR count). The van der Waals surface area contributed by atoms with Gasteiger partial charge in [-0.25, -0.2) is 0 Å². The molecule has 0 bridgehead atoms. The largest absolute Gasteiger partial charge is 0.368 e. The normalized spacial score (nSPS) is 23.3. The van der Waals surface area contributed by atoms with Crippen LogP contribution in [-0.2, 0) is 4.79 Å². The van der Waals surface area contributed by atoms with Gasteiger partial charge < -0.3 is 16.0 Å². The summed E-state index contributed by atoms with van der Waals surface area (Å²) in [5.74, 6) is 1.37. The predicted molar refractivity (Wildman–Crippen MR) is 79.9 cm³/mol. The van der Waals surface area contributed by atoms with Crippen molar-refractivity contribution in [2.24, 2.45) is 17.6 Å². The SMILES string of the molecule is CNC(C)(CC(C)N1CCC(C(C)C)CC1)C(N)=O. The standard InChI is InChI=1S/C15H31N3O/c1-11(2)13-6-8-18(9-7-13)12(3)10-15(4,17-5)14(16)19/h11-13,17H,6-10H2,1-5H3,(H2,16,19). The molecule has 1 fully saturated rings. The molecule has 112 valence electrons. The third kappa shape index (κ3) is 4.18. The predicted octanol–water partition coefficient (Wildman–Crippen LogP) is 1.60. The van der Waals surface area contributed by atoms with Crippen molar-refractivity contribution in [1.82, 2.24) is 10.2 Å². The van der Waals surface area contributed by atoms with Crippen molar-refractivity contribution in [3.63, 3.8) is 0 Å². The van der Waals surface area contributed by atoms with Crippen LogP contribution < -0.4 is 11.1 Å². The molecule has 2 unspecified atom stereocenters. The summed E-state index contributed by atoms with van der Waals surface area (Å²) in [5.41, 5.74) is 4.90. The van der Waals surface area contributed by atoms with Crippen molar-refractivity contribution >= 4 is 5.91 Å². The van der Waals surface area contributed by atoms with Gasteiger partial charge >= 0.3 is 0 Å². The number of carbonyl (C=O) groups excluding carboxylic acids is 1. The van der Waals surface area contributed by atoms with Crippen LogP contribution in [-0.4, -0.2) is 42.5 Å². The lowest BCUT2D eigenvalue weighted by molar-refractivity contribution is -0.124. The molecule has 0 aliphatic carbocycles. The van der Waals surface area contributed by atoms with Gasteiger partial charge in [-0.2, -0.15) is 0 Å². The van der Waals surface area contributed by atoms with Crippen LogP contribution in [0.4, 0.5) is 0 Å². The van der Waals surface area contributed by atoms with E-state index in [0.29, 0.717) is 6.04 Å². The van der Waals surface area contributed by atoms with Gasteiger partial charge in [0.15, 0.2) is 0 Å². The van der Waals surface area contributed by atoms with Gasteiger partial charge in [0, 0.05) is 6.04 Å². The molecule has 1 amide bonds. The summed E-state index contributed by atoms with van der Waals surface area (Å²) in [6.45, 7) is 11.0. The van der Waals surface area contributed by atoms with Crippen LogP contribution >= 0.6 is 0 Å². The van der Waals surface area contributed by atoms with Crippen molar-refractivity contribution in [3.05, 3.63) is 0 Å². The number of likely N-dealkylation sites (N-methyl/N-ethyl adjacent to an activating group) is 1. The minimum atomic E-state index is -0.603. The fraction of sp³-hybridized carbons (Fsp3) is 0.933. The van der Waals surface area contributed by atoms with Gasteiger partial charge in [-0.15, -0.1) is 0 Å². The maximum Gasteiger partial charge on any atom is 0.237 e. The van der Waals surface area contributed by atoms with E-state index in [1.54, 1.807) is 0 Å². The first-order valence-electron chi connectivity index (χ1n) is 7.53. The summed E-state index contributed by atoms with van der Waals surface area (Å²) < 4.78 is 0. The van der Waals surface area contributed by atoms with E-state index < -0.39 is 5.54 Å². The number of amides is 1. The van der Waals surface area contributed by atoms with Gasteiger partial charge in [0.05, 0.1) is 5.54 Å². The number of nitrogens with zero attached hydrogens (tertiary/aromatic N) is 1. The number of piperidine rings is 1. The molecule has 4 heteroatoms. The highest BCUT2D eigenvalue weighted by Crippen LogP contribution is 2.27. The Labute approximate surface area is 118 Å². The Kier molecular flexibility index (Phi) is 5.81. The van der Waals surface area contributed by atoms with Crippen molar-refractivity contribution in [2.45, 2.75) is 58.5 Å². The second-order valence-corrected chi connectivity index (χ2v) is 6.62. The fourth-order valence-corrected chi connectivity index (χ4v) is 3.07. The summed E-state index contributed by atoms with van der Waals surface area (Å²) in [4.78, 5) is 14.1. The molecule has 0 radical (unpaired) electrons. The second kappa shape index (κ2) is 6.71. The summed E-state index contributed by atoms with van der Waals surface area (Å²) in [6.07, 6.45) is 3.31. The molecule has 0 aromatic carbocycles. The summed E-state index contributed by atoms with van der Waals surface area (Å²) in [6, 6.07) is 0.387. The third-order valence-electron chi connectivity index (χ3n) is 4.94. The number of rotatable bonds is 6. The first-order valence-corrected chi connectivity index (χ1v) is 7.53. The quantitative estimate of drug-likeness (QED) is 0.770. The maximum atomic E-state index is 11.6. The van der Waals surface area contributed by atoms with Gasteiger partial charge in [0.25, 0.3) is 0 Å². The van der Waals surface area contributed by atoms with Crippen molar-refractivity contribution < 1.29 is 4.79 Å². The monoisotopic (exact) mass is 269 g/mol. The number of hydrogen-bond acceptors (Lipinski definition) is 3. The molecule has 4 nitrogen and oxygen atoms in total. The van der Waals surface area contributed by atoms with E-state index in [0.717, 1.165) is 31.3 Å². The van der Waals surface area contributed by atoms with Crippen LogP contribution in [0.5, 0.6) is 0 Å². The first kappa shape index (κ1) is 16.4. The number of likely N-dealkylation sites (tertiary alicyclic amines) is 1. The van der Waals surface area contributed by atoms with Crippen LogP contribution in [0.1, 0.15) is 47.0 Å². The number of hydrogen-bond donors (Lipinski definition) is 2. The molecular formula is C15H31N3O. The van der Waals surface area contributed by atoms with E-state index in [9.17, 15) is 4.79 Å². The van der Waals surface area contributed by atoms with E-state index in [1.165, 1.54) is 12.8 Å². The van der Waals surface area contributed by atoms with Crippen LogP contribution in [0.15, 0.2) is 0 Å². The Morgan fingerprint density at radius 3 is 2.26 bits per heavy atom. The molecule has 3 N–H and O–H groups in total. The Morgan fingerprint density at radius 2 is 1.89 bits per heavy atom. The lowest BCUT2D eigenvalue weighted by atomic mass is 9.85. The highest BCUT2D eigenvalue weighted by atomic mass is 16.1. The van der Waals surface area contributed by atoms with Crippen molar-refractivity contribution in [3.8, 4) is 0 Å². The highest BCUT2D eigenvalue weighted by Gasteiger charge is 2.34. The van der Waals surface area contributed by atoms with Crippen LogP contribution in [0.2, 0.25) is 0 Å². The Bertz CT molecular complexity index is 298.